The summed E-state index contributed by atoms with van der Waals surface area (Å²) in [6.07, 6.45) is 4.92. The van der Waals surface area contributed by atoms with Crippen molar-refractivity contribution in [1.29, 1.82) is 0 Å². The molecule has 1 saturated carbocycles. The van der Waals surface area contributed by atoms with Crippen LogP contribution in [0.5, 0.6) is 0 Å². The fourth-order valence-corrected chi connectivity index (χ4v) is 4.76. The molecule has 0 spiro atoms. The third kappa shape index (κ3) is 2.70. The van der Waals surface area contributed by atoms with Crippen LogP contribution in [0.3, 0.4) is 0 Å². The maximum atomic E-state index is 12.9. The van der Waals surface area contributed by atoms with Crippen LogP contribution in [-0.2, 0) is 18.7 Å². The molecule has 124 valence electrons. The first-order chi connectivity index (χ1) is 10.2. The molecule has 0 N–H and O–H groups in total. The predicted octanol–water partition coefficient (Wildman–Crippen LogP) is 3.51. The Hall–Kier alpha value is -0.913. The van der Waals surface area contributed by atoms with E-state index in [-0.39, 0.29) is 23.5 Å². The van der Waals surface area contributed by atoms with E-state index in [1.807, 2.05) is 13.0 Å². The second kappa shape index (κ2) is 5.94. The van der Waals surface area contributed by atoms with E-state index in [1.54, 1.807) is 14.2 Å². The van der Waals surface area contributed by atoms with Crippen molar-refractivity contribution in [2.45, 2.75) is 45.7 Å². The number of fused-ring (bicyclic) bond motifs is 2. The zero-order chi connectivity index (χ0) is 16.7. The van der Waals surface area contributed by atoms with Crippen molar-refractivity contribution >= 4 is 14.1 Å². The zero-order valence-corrected chi connectivity index (χ0v) is 15.7. The number of Topliss-reactive ketones (excluding diaryl/α,β-unsaturated/α-hetero) is 1. The van der Waals surface area contributed by atoms with Crippen molar-refractivity contribution < 1.29 is 18.7 Å². The molecule has 0 radical (unpaired) electrons. The van der Waals surface area contributed by atoms with Crippen molar-refractivity contribution in [3.63, 3.8) is 0 Å². The molecule has 3 aliphatic rings. The molecule has 3 aliphatic carbocycles. The quantitative estimate of drug-likeness (QED) is 0.336. The van der Waals surface area contributed by atoms with Crippen LogP contribution in [0, 0.1) is 17.8 Å². The summed E-state index contributed by atoms with van der Waals surface area (Å²) in [6.45, 7) is 10.5. The highest BCUT2D eigenvalue weighted by atomic mass is 28.4. The molecule has 0 aliphatic heterocycles. The minimum atomic E-state index is -1.71. The largest absolute Gasteiger partial charge is 0.547 e. The van der Waals surface area contributed by atoms with Gasteiger partial charge < -0.3 is 13.9 Å². The summed E-state index contributed by atoms with van der Waals surface area (Å²) in [4.78, 5) is 12.9. The minimum Gasteiger partial charge on any atom is -0.547 e. The average Bonchev–Trinajstić information content (AvgIpc) is 2.45. The van der Waals surface area contributed by atoms with Gasteiger partial charge in [0.25, 0.3) is 0 Å². The third-order valence-corrected chi connectivity index (χ3v) is 5.55. The number of hydrogen-bond donors (Lipinski definition) is 0. The molecule has 3 atom stereocenters. The van der Waals surface area contributed by atoms with Gasteiger partial charge in [-0.3, -0.25) is 4.79 Å². The van der Waals surface area contributed by atoms with Crippen LogP contribution in [0.4, 0.5) is 0 Å². The molecule has 0 aromatic heterocycles. The van der Waals surface area contributed by atoms with E-state index in [0.29, 0.717) is 0 Å². The number of ether oxygens (including phenoxy) is 2. The first-order valence-corrected chi connectivity index (χ1v) is 11.3. The Morgan fingerprint density at radius 1 is 1.32 bits per heavy atom. The minimum absolute atomic E-state index is 0.0166. The Bertz CT molecular complexity index is 511. The summed E-state index contributed by atoms with van der Waals surface area (Å²) in [5.74, 6) is -0.346. The van der Waals surface area contributed by atoms with Crippen LogP contribution in [-0.4, -0.2) is 34.1 Å². The van der Waals surface area contributed by atoms with E-state index < -0.39 is 14.1 Å². The van der Waals surface area contributed by atoms with E-state index >= 15 is 0 Å². The lowest BCUT2D eigenvalue weighted by molar-refractivity contribution is -0.241. The number of carbonyl (C=O) groups is 1. The first kappa shape index (κ1) is 17.4. The highest BCUT2D eigenvalue weighted by Crippen LogP contribution is 2.51. The molecular formula is C17H28O4Si. The van der Waals surface area contributed by atoms with Gasteiger partial charge in [0.15, 0.2) is 5.78 Å². The standard InChI is InChI=1S/C17H28O4Si/c1-8-15(21-22(5,6)7)12-10-14-11(2)9-13(12)16(18)17(14,19-3)20-4/h8-9,12-14H,10H2,1-7H3/b15-8+/t12-,13-,14-/m1/s1. The molecule has 0 unspecified atom stereocenters. The zero-order valence-electron chi connectivity index (χ0n) is 14.7. The van der Waals surface area contributed by atoms with Gasteiger partial charge in [0.1, 0.15) is 0 Å². The van der Waals surface area contributed by atoms with Gasteiger partial charge in [-0.1, -0.05) is 17.7 Å². The number of hydrogen-bond acceptors (Lipinski definition) is 4. The molecule has 3 rings (SSSR count). The van der Waals surface area contributed by atoms with Gasteiger partial charge in [0, 0.05) is 26.1 Å². The summed E-state index contributed by atoms with van der Waals surface area (Å²) < 4.78 is 17.3. The lowest BCUT2D eigenvalue weighted by Gasteiger charge is -2.50. The van der Waals surface area contributed by atoms with E-state index in [1.165, 1.54) is 5.57 Å². The van der Waals surface area contributed by atoms with Crippen molar-refractivity contribution in [3.8, 4) is 0 Å². The molecule has 5 heteroatoms. The maximum absolute atomic E-state index is 12.9. The van der Waals surface area contributed by atoms with Gasteiger partial charge in [0.2, 0.25) is 14.1 Å². The van der Waals surface area contributed by atoms with Gasteiger partial charge in [-0.2, -0.15) is 0 Å². The van der Waals surface area contributed by atoms with Crippen LogP contribution < -0.4 is 0 Å². The first-order valence-electron chi connectivity index (χ1n) is 7.88. The van der Waals surface area contributed by atoms with Crippen molar-refractivity contribution in [3.05, 3.63) is 23.5 Å². The lowest BCUT2D eigenvalue weighted by Crippen LogP contribution is -2.60. The van der Waals surface area contributed by atoms with E-state index in [4.69, 9.17) is 13.9 Å². The normalized spacial score (nSPS) is 31.2. The molecule has 4 nitrogen and oxygen atoms in total. The molecular weight excluding hydrogens is 296 g/mol. The van der Waals surface area contributed by atoms with Crippen LogP contribution in [0.15, 0.2) is 23.5 Å². The monoisotopic (exact) mass is 324 g/mol. The van der Waals surface area contributed by atoms with E-state index in [0.717, 1.165) is 12.2 Å². The molecule has 2 bridgehead atoms. The second-order valence-electron chi connectivity index (χ2n) is 7.18. The maximum Gasteiger partial charge on any atom is 0.241 e. The second-order valence-corrected chi connectivity index (χ2v) is 11.6. The lowest BCUT2D eigenvalue weighted by atomic mass is 9.61. The van der Waals surface area contributed by atoms with Crippen LogP contribution in [0.25, 0.3) is 0 Å². The topological polar surface area (TPSA) is 44.8 Å². The van der Waals surface area contributed by atoms with Gasteiger partial charge in [-0.25, -0.2) is 0 Å². The Balaban J connectivity index is 2.37. The fraction of sp³-hybridized carbons (Fsp3) is 0.706. The van der Waals surface area contributed by atoms with Crippen LogP contribution >= 0.6 is 0 Å². The van der Waals surface area contributed by atoms with E-state index in [9.17, 15) is 4.79 Å². The molecule has 0 saturated heterocycles. The summed E-state index contributed by atoms with van der Waals surface area (Å²) >= 11 is 0. The Morgan fingerprint density at radius 3 is 2.36 bits per heavy atom. The van der Waals surface area contributed by atoms with Crippen molar-refractivity contribution in [2.24, 2.45) is 17.8 Å². The summed E-state index contributed by atoms with van der Waals surface area (Å²) in [5, 5.41) is 0. The number of carbonyl (C=O) groups excluding carboxylic acids is 1. The number of ketones is 1. The van der Waals surface area contributed by atoms with Crippen LogP contribution in [0.2, 0.25) is 19.6 Å². The Morgan fingerprint density at radius 2 is 1.91 bits per heavy atom. The van der Waals surface area contributed by atoms with Crippen molar-refractivity contribution in [1.82, 2.24) is 0 Å². The summed E-state index contributed by atoms with van der Waals surface area (Å²) in [5.41, 5.74) is 1.17. The third-order valence-electron chi connectivity index (χ3n) is 4.70. The SMILES string of the molecule is C/C=C(/O[Si](C)(C)C)[C@@H]1C[C@@H]2C(C)=C[C@H]1C(=O)C2(OC)OC. The highest BCUT2D eigenvalue weighted by molar-refractivity contribution is 6.70. The van der Waals surface area contributed by atoms with Crippen LogP contribution in [0.1, 0.15) is 20.3 Å². The smallest absolute Gasteiger partial charge is 0.241 e. The number of rotatable bonds is 5. The van der Waals surface area contributed by atoms with Gasteiger partial charge in [-0.05, 0) is 39.9 Å². The predicted molar refractivity (Wildman–Crippen MR) is 88.8 cm³/mol. The Labute approximate surface area is 134 Å². The fourth-order valence-electron chi connectivity index (χ4n) is 3.78. The highest BCUT2D eigenvalue weighted by Gasteiger charge is 2.59. The summed E-state index contributed by atoms with van der Waals surface area (Å²) in [7, 11) is 1.40. The van der Waals surface area contributed by atoms with Gasteiger partial charge in [-0.15, -0.1) is 0 Å². The average molecular weight is 324 g/mol. The van der Waals surface area contributed by atoms with Crippen molar-refractivity contribution in [2.75, 3.05) is 14.2 Å². The van der Waals surface area contributed by atoms with Gasteiger partial charge in [0.05, 0.1) is 11.7 Å². The Kier molecular flexibility index (Phi) is 4.71. The molecule has 0 aromatic carbocycles. The molecule has 0 aromatic rings. The molecule has 22 heavy (non-hydrogen) atoms. The van der Waals surface area contributed by atoms with Gasteiger partial charge >= 0.3 is 0 Å². The van der Waals surface area contributed by atoms with E-state index in [2.05, 4.69) is 32.6 Å². The molecule has 1 fully saturated rings. The molecule has 0 heterocycles. The molecule has 0 amide bonds. The number of allylic oxidation sites excluding steroid dienone is 3. The summed E-state index contributed by atoms with van der Waals surface area (Å²) in [6, 6.07) is 0. The number of methoxy groups -OCH3 is 2.